The summed E-state index contributed by atoms with van der Waals surface area (Å²) in [6.45, 7) is 2.30. The van der Waals surface area contributed by atoms with E-state index < -0.39 is 35.2 Å². The number of hydrogen-bond acceptors (Lipinski definition) is 7. The molecule has 1 aromatic carbocycles. The summed E-state index contributed by atoms with van der Waals surface area (Å²) in [6.07, 6.45) is -0.0617. The predicted octanol–water partition coefficient (Wildman–Crippen LogP) is 3.05. The van der Waals surface area contributed by atoms with Gasteiger partial charge in [-0.2, -0.15) is 13.2 Å². The number of carboxylic acids is 2. The van der Waals surface area contributed by atoms with E-state index in [1.807, 2.05) is 6.07 Å². The molecule has 12 heteroatoms. The monoisotopic (exact) mass is 541 g/mol. The summed E-state index contributed by atoms with van der Waals surface area (Å²) < 4.78 is 44.7. The van der Waals surface area contributed by atoms with Gasteiger partial charge in [0.25, 0.3) is 0 Å². The van der Waals surface area contributed by atoms with Crippen LogP contribution in [0.4, 0.5) is 13.2 Å². The van der Waals surface area contributed by atoms with Crippen LogP contribution in [-0.2, 0) is 31.0 Å². The number of alkyl halides is 3. The minimum absolute atomic E-state index is 0.0705. The first-order valence-corrected chi connectivity index (χ1v) is 12.9. The topological polar surface area (TPSA) is 134 Å². The quantitative estimate of drug-likeness (QED) is 0.446. The molecule has 2 aliphatic heterocycles. The maximum atomic E-state index is 13.1. The van der Waals surface area contributed by atoms with Gasteiger partial charge in [0, 0.05) is 37.6 Å². The number of piperidine rings is 1. The van der Waals surface area contributed by atoms with Crippen LogP contribution in [0.2, 0.25) is 0 Å². The number of nitrogens with zero attached hydrogens (tertiary/aromatic N) is 1. The molecule has 1 spiro atoms. The van der Waals surface area contributed by atoms with Gasteiger partial charge in [-0.15, -0.1) is 0 Å². The Kier molecular flexibility index (Phi) is 6.62. The lowest BCUT2D eigenvalue weighted by Crippen LogP contribution is -2.77. The van der Waals surface area contributed by atoms with Crippen LogP contribution >= 0.6 is 0 Å². The molecule has 1 unspecified atom stereocenters. The van der Waals surface area contributed by atoms with Gasteiger partial charge in [-0.1, -0.05) is 6.07 Å². The second-order valence-corrected chi connectivity index (χ2v) is 10.8. The molecule has 9 nitrogen and oxygen atoms in total. The van der Waals surface area contributed by atoms with Crippen LogP contribution in [0.3, 0.4) is 0 Å². The zero-order valence-corrected chi connectivity index (χ0v) is 20.6. The number of aromatic hydroxyl groups is 1. The fourth-order valence-electron chi connectivity index (χ4n) is 7.01. The van der Waals surface area contributed by atoms with Crippen molar-refractivity contribution in [2.45, 2.75) is 80.7 Å². The number of carbonyl (C=O) groups is 3. The van der Waals surface area contributed by atoms with Crippen LogP contribution in [0.1, 0.15) is 56.1 Å². The molecular weight excluding hydrogens is 511 g/mol. The Labute approximate surface area is 216 Å². The first-order chi connectivity index (χ1) is 17.9. The Morgan fingerprint density at radius 2 is 1.89 bits per heavy atom. The van der Waals surface area contributed by atoms with Gasteiger partial charge in [0.2, 0.25) is 0 Å². The third kappa shape index (κ3) is 4.21. The van der Waals surface area contributed by atoms with E-state index in [0.717, 1.165) is 43.0 Å². The molecule has 0 radical (unpaired) electrons. The second-order valence-electron chi connectivity index (χ2n) is 10.8. The summed E-state index contributed by atoms with van der Waals surface area (Å²) >= 11 is 0. The fourth-order valence-corrected chi connectivity index (χ4v) is 7.01. The van der Waals surface area contributed by atoms with Crippen molar-refractivity contribution in [3.05, 3.63) is 23.3 Å². The third-order valence-electron chi connectivity index (χ3n) is 8.66. The highest BCUT2D eigenvalue weighted by Crippen LogP contribution is 2.66. The molecular formula is C26H30F3NO8. The van der Waals surface area contributed by atoms with Crippen LogP contribution in [0.15, 0.2) is 12.1 Å². The number of rotatable bonds is 7. The Morgan fingerprint density at radius 3 is 2.53 bits per heavy atom. The summed E-state index contributed by atoms with van der Waals surface area (Å²) in [5, 5.41) is 26.8. The van der Waals surface area contributed by atoms with Crippen molar-refractivity contribution in [2.75, 3.05) is 19.7 Å². The number of carbonyl (C=O) groups excluding carboxylic acids is 1. The van der Waals surface area contributed by atoms with Gasteiger partial charge in [-0.3, -0.25) is 14.5 Å². The molecule has 208 valence electrons. The molecule has 2 heterocycles. The summed E-state index contributed by atoms with van der Waals surface area (Å²) in [6, 6.07) is 3.81. The van der Waals surface area contributed by atoms with E-state index in [0.29, 0.717) is 31.6 Å². The predicted molar refractivity (Wildman–Crippen MR) is 124 cm³/mol. The molecule has 38 heavy (non-hydrogen) atoms. The van der Waals surface area contributed by atoms with Gasteiger partial charge >= 0.3 is 18.1 Å². The lowest BCUT2D eigenvalue weighted by atomic mass is 9.48. The Hall–Kier alpha value is -2.86. The largest absolute Gasteiger partial charge is 0.504 e. The highest BCUT2D eigenvalue weighted by atomic mass is 19.4. The Bertz CT molecular complexity index is 1150. The molecule has 0 aromatic heterocycles. The van der Waals surface area contributed by atoms with E-state index >= 15 is 0 Å². The number of likely N-dealkylation sites (tertiary alicyclic amines) is 1. The van der Waals surface area contributed by atoms with E-state index in [-0.39, 0.29) is 24.0 Å². The fraction of sp³-hybridized carbons (Fsp3) is 0.654. The van der Waals surface area contributed by atoms with Crippen LogP contribution < -0.4 is 4.74 Å². The molecule has 3 aliphatic carbocycles. The van der Waals surface area contributed by atoms with Crippen molar-refractivity contribution >= 4 is 17.7 Å². The number of ether oxygens (including phenoxy) is 2. The van der Waals surface area contributed by atoms with Crippen molar-refractivity contribution in [1.82, 2.24) is 4.90 Å². The van der Waals surface area contributed by atoms with Crippen LogP contribution in [0, 0.1) is 5.92 Å². The first-order valence-electron chi connectivity index (χ1n) is 12.9. The number of phenolic OH excluding ortho intramolecular Hbond substituents is 1. The van der Waals surface area contributed by atoms with Gasteiger partial charge in [0.1, 0.15) is 0 Å². The number of benzene rings is 1. The van der Waals surface area contributed by atoms with Crippen LogP contribution in [0.25, 0.3) is 0 Å². The van der Waals surface area contributed by atoms with Gasteiger partial charge in [0.05, 0.1) is 11.0 Å². The molecule has 1 saturated heterocycles. The van der Waals surface area contributed by atoms with Crippen molar-refractivity contribution in [1.29, 1.82) is 0 Å². The SMILES string of the molecule is O=C(O)C(F)(F)F.O=C(O)CCCOC12CCC(=O)[C@@H]3Oc4c(O)ccc5c4[C@@]31CCN(CC1CC1)[C@@H]2C5. The molecule has 2 bridgehead atoms. The minimum Gasteiger partial charge on any atom is -0.504 e. The molecule has 3 fully saturated rings. The van der Waals surface area contributed by atoms with Crippen molar-refractivity contribution in [3.8, 4) is 11.5 Å². The van der Waals surface area contributed by atoms with E-state index in [4.69, 9.17) is 24.5 Å². The molecule has 3 N–H and O–H groups in total. The van der Waals surface area contributed by atoms with Gasteiger partial charge < -0.3 is 24.8 Å². The highest BCUT2D eigenvalue weighted by molar-refractivity contribution is 5.90. The number of carboxylic acid groups (broad SMARTS) is 2. The van der Waals surface area contributed by atoms with Gasteiger partial charge in [0.15, 0.2) is 23.4 Å². The van der Waals surface area contributed by atoms with E-state index in [1.54, 1.807) is 6.07 Å². The first kappa shape index (κ1) is 26.7. The van der Waals surface area contributed by atoms with Crippen LogP contribution in [0.5, 0.6) is 11.5 Å². The zero-order valence-electron chi connectivity index (χ0n) is 20.6. The second kappa shape index (κ2) is 9.41. The third-order valence-corrected chi connectivity index (χ3v) is 8.66. The average molecular weight is 542 g/mol. The maximum absolute atomic E-state index is 13.1. The van der Waals surface area contributed by atoms with Gasteiger partial charge in [-0.05, 0) is 62.6 Å². The normalized spacial score (nSPS) is 31.1. The summed E-state index contributed by atoms with van der Waals surface area (Å²) in [5.41, 5.74) is 0.938. The standard InChI is InChI=1S/C24H29NO6.C2HF3O2/c26-16-6-5-15-12-18-24(30-11-1-2-19(28)29)8-7-17(27)22-23(24,20(15)21(16)31-22)9-10-25(18)13-14-3-4-14;3-2(4,5)1(6)7/h5-6,14,18,22,26H,1-4,7-13H2,(H,28,29);(H,6,7)/t18-,22+,23+,24?;/m1./s1. The van der Waals surface area contributed by atoms with E-state index in [1.165, 1.54) is 12.8 Å². The van der Waals surface area contributed by atoms with E-state index in [9.17, 15) is 27.9 Å². The van der Waals surface area contributed by atoms with E-state index in [2.05, 4.69) is 4.90 Å². The molecule has 4 atom stereocenters. The van der Waals surface area contributed by atoms with Crippen molar-refractivity contribution in [3.63, 3.8) is 0 Å². The Balaban J connectivity index is 0.000000374. The summed E-state index contributed by atoms with van der Waals surface area (Å²) in [7, 11) is 0. The number of hydrogen-bond donors (Lipinski definition) is 3. The summed E-state index contributed by atoms with van der Waals surface area (Å²) in [5.74, 6) is -2.19. The smallest absolute Gasteiger partial charge is 0.490 e. The molecule has 1 aromatic rings. The lowest BCUT2D eigenvalue weighted by Gasteiger charge is -2.64. The summed E-state index contributed by atoms with van der Waals surface area (Å²) in [4.78, 5) is 35.6. The Morgan fingerprint density at radius 1 is 1.18 bits per heavy atom. The minimum atomic E-state index is -5.08. The molecule has 2 saturated carbocycles. The average Bonchev–Trinajstić information content (AvgIpc) is 3.58. The van der Waals surface area contributed by atoms with Crippen LogP contribution in [-0.4, -0.2) is 81.6 Å². The number of Topliss-reactive ketones (excluding diaryl/α,β-unsaturated/α-hetero) is 1. The number of halogens is 3. The zero-order chi connectivity index (χ0) is 27.5. The number of phenols is 1. The molecule has 6 rings (SSSR count). The number of ketones is 1. The van der Waals surface area contributed by atoms with Crippen molar-refractivity contribution < 1.29 is 52.3 Å². The highest BCUT2D eigenvalue weighted by Gasteiger charge is 2.74. The maximum Gasteiger partial charge on any atom is 0.490 e. The lowest BCUT2D eigenvalue weighted by molar-refractivity contribution is -0.214. The van der Waals surface area contributed by atoms with Crippen molar-refractivity contribution in [2.24, 2.45) is 5.92 Å². The number of aliphatic carboxylic acids is 2. The molecule has 0 amide bonds. The molecule has 5 aliphatic rings. The van der Waals surface area contributed by atoms with Gasteiger partial charge in [-0.25, -0.2) is 4.79 Å².